The zero-order chi connectivity index (χ0) is 34.4. The molecule has 0 bridgehead atoms. The van der Waals surface area contributed by atoms with Crippen LogP contribution in [0.3, 0.4) is 0 Å². The summed E-state index contributed by atoms with van der Waals surface area (Å²) in [6.07, 6.45) is 2.17. The van der Waals surface area contributed by atoms with E-state index in [0.717, 1.165) is 44.6 Å². The van der Waals surface area contributed by atoms with Crippen molar-refractivity contribution in [3.05, 3.63) is 188 Å². The highest BCUT2D eigenvalue weighted by Gasteiger charge is 2.19. The van der Waals surface area contributed by atoms with Crippen LogP contribution >= 0.6 is 0 Å². The Morgan fingerprint density at radius 1 is 0.327 bits per heavy atom. The van der Waals surface area contributed by atoms with Crippen molar-refractivity contribution in [2.24, 2.45) is 0 Å². The van der Waals surface area contributed by atoms with Gasteiger partial charge in [-0.25, -0.2) is 15.0 Å². The van der Waals surface area contributed by atoms with E-state index in [4.69, 9.17) is 15.0 Å². The van der Waals surface area contributed by atoms with Crippen LogP contribution < -0.4 is 0 Å². The third-order valence-electron chi connectivity index (χ3n) is 9.80. The number of hydrogen-bond acceptors (Lipinski definition) is 3. The summed E-state index contributed by atoms with van der Waals surface area (Å²) in [7, 11) is 0. The van der Waals surface area contributed by atoms with E-state index in [9.17, 15) is 0 Å². The number of nitrogens with zero attached hydrogens (tertiary/aromatic N) is 5. The maximum absolute atomic E-state index is 5.04. The topological polar surface area (TPSA) is 48.5 Å². The molecule has 0 aliphatic carbocycles. The maximum atomic E-state index is 5.04. The van der Waals surface area contributed by atoms with E-state index in [1.54, 1.807) is 0 Å². The second-order valence-electron chi connectivity index (χ2n) is 12.9. The Labute approximate surface area is 300 Å². The third kappa shape index (κ3) is 5.07. The van der Waals surface area contributed by atoms with E-state index in [0.29, 0.717) is 17.5 Å². The van der Waals surface area contributed by atoms with Gasteiger partial charge in [0.2, 0.25) is 0 Å². The van der Waals surface area contributed by atoms with E-state index >= 15 is 0 Å². The van der Waals surface area contributed by atoms with Crippen LogP contribution in [0, 0.1) is 0 Å². The Balaban J connectivity index is 1.21. The van der Waals surface area contributed by atoms with Crippen molar-refractivity contribution >= 4 is 32.7 Å². The first-order valence-electron chi connectivity index (χ1n) is 17.5. The summed E-state index contributed by atoms with van der Waals surface area (Å²) in [4.78, 5) is 15.0. The molecular formula is C47H31N5. The van der Waals surface area contributed by atoms with Gasteiger partial charge >= 0.3 is 0 Å². The van der Waals surface area contributed by atoms with Crippen molar-refractivity contribution < 1.29 is 0 Å². The molecule has 3 aromatic heterocycles. The van der Waals surface area contributed by atoms with Gasteiger partial charge in [0.05, 0.1) is 16.6 Å². The van der Waals surface area contributed by atoms with Gasteiger partial charge in [0.1, 0.15) is 0 Å². The summed E-state index contributed by atoms with van der Waals surface area (Å²) >= 11 is 0. The number of rotatable bonds is 6. The molecule has 244 valence electrons. The molecule has 0 saturated heterocycles. The molecule has 5 heteroatoms. The zero-order valence-corrected chi connectivity index (χ0v) is 28.1. The Kier molecular flexibility index (Phi) is 7.07. The lowest BCUT2D eigenvalue weighted by Gasteiger charge is -2.12. The maximum Gasteiger partial charge on any atom is 0.164 e. The summed E-state index contributed by atoms with van der Waals surface area (Å²) in [5.74, 6) is 1.91. The molecule has 7 aromatic carbocycles. The second kappa shape index (κ2) is 12.3. The molecule has 5 nitrogen and oxygen atoms in total. The van der Waals surface area contributed by atoms with Gasteiger partial charge in [-0.05, 0) is 59.7 Å². The van der Waals surface area contributed by atoms with Crippen LogP contribution in [0.1, 0.15) is 0 Å². The number of aromatic nitrogens is 5. The summed E-state index contributed by atoms with van der Waals surface area (Å²) in [5.41, 5.74) is 10.8. The first kappa shape index (κ1) is 29.8. The highest BCUT2D eigenvalue weighted by Crippen LogP contribution is 2.40. The van der Waals surface area contributed by atoms with E-state index in [-0.39, 0.29) is 0 Å². The van der Waals surface area contributed by atoms with Gasteiger partial charge in [0, 0.05) is 50.4 Å². The number of benzene rings is 7. The van der Waals surface area contributed by atoms with E-state index in [2.05, 4.69) is 137 Å². The fourth-order valence-electron chi connectivity index (χ4n) is 7.34. The monoisotopic (exact) mass is 665 g/mol. The van der Waals surface area contributed by atoms with Gasteiger partial charge in [-0.3, -0.25) is 0 Å². The van der Waals surface area contributed by atoms with Crippen LogP contribution in [0.25, 0.3) is 89.4 Å². The lowest BCUT2D eigenvalue weighted by Crippen LogP contribution is -2.01. The van der Waals surface area contributed by atoms with Crippen molar-refractivity contribution in [3.8, 4) is 56.7 Å². The largest absolute Gasteiger partial charge is 0.316 e. The predicted molar refractivity (Wildman–Crippen MR) is 213 cm³/mol. The molecule has 0 amide bonds. The summed E-state index contributed by atoms with van der Waals surface area (Å²) in [5, 5.41) is 3.59. The van der Waals surface area contributed by atoms with Gasteiger partial charge in [0.15, 0.2) is 17.5 Å². The highest BCUT2D eigenvalue weighted by molar-refractivity contribution is 6.19. The Bertz CT molecular complexity index is 2820. The molecule has 0 aliphatic rings. The predicted octanol–water partition coefficient (Wildman–Crippen LogP) is 11.6. The first-order valence-corrected chi connectivity index (χ1v) is 17.5. The molecule has 0 unspecified atom stereocenters. The van der Waals surface area contributed by atoms with Crippen LogP contribution in [0.4, 0.5) is 0 Å². The van der Waals surface area contributed by atoms with E-state index in [1.807, 2.05) is 60.7 Å². The van der Waals surface area contributed by atoms with Crippen LogP contribution in [-0.4, -0.2) is 24.1 Å². The first-order chi connectivity index (χ1) is 25.8. The normalized spacial score (nSPS) is 11.5. The molecule has 0 saturated carbocycles. The molecule has 0 N–H and O–H groups in total. The number of fused-ring (bicyclic) bond motifs is 5. The van der Waals surface area contributed by atoms with Crippen LogP contribution in [0.5, 0.6) is 0 Å². The van der Waals surface area contributed by atoms with Crippen molar-refractivity contribution in [2.75, 3.05) is 0 Å². The van der Waals surface area contributed by atoms with Gasteiger partial charge in [-0.2, -0.15) is 0 Å². The minimum Gasteiger partial charge on any atom is -0.316 e. The molecule has 10 rings (SSSR count). The average molecular weight is 666 g/mol. The molecule has 0 spiro atoms. The smallest absolute Gasteiger partial charge is 0.164 e. The van der Waals surface area contributed by atoms with E-state index in [1.165, 1.54) is 27.3 Å². The SMILES string of the molecule is c1ccc(-c2ccc3c(c2)c2ccc4c(ccn4-c4ccccc4)c2n3-c2cccc(-c3nc(-c4ccccc4)nc(-c4ccccc4)n3)c2)cc1. The van der Waals surface area contributed by atoms with Crippen molar-refractivity contribution in [3.63, 3.8) is 0 Å². The summed E-state index contributed by atoms with van der Waals surface area (Å²) in [6, 6.07) is 63.5. The molecular weight excluding hydrogens is 635 g/mol. The summed E-state index contributed by atoms with van der Waals surface area (Å²) < 4.78 is 4.67. The average Bonchev–Trinajstić information content (AvgIpc) is 3.81. The van der Waals surface area contributed by atoms with Gasteiger partial charge in [-0.1, -0.05) is 133 Å². The van der Waals surface area contributed by atoms with Crippen LogP contribution in [0.2, 0.25) is 0 Å². The van der Waals surface area contributed by atoms with Gasteiger partial charge in [0.25, 0.3) is 0 Å². The third-order valence-corrected chi connectivity index (χ3v) is 9.80. The highest BCUT2D eigenvalue weighted by atomic mass is 15.0. The lowest BCUT2D eigenvalue weighted by molar-refractivity contribution is 1.07. The molecule has 0 radical (unpaired) electrons. The quantitative estimate of drug-likeness (QED) is 0.178. The number of hydrogen-bond donors (Lipinski definition) is 0. The summed E-state index contributed by atoms with van der Waals surface area (Å²) in [6.45, 7) is 0. The van der Waals surface area contributed by atoms with Crippen molar-refractivity contribution in [1.29, 1.82) is 0 Å². The Morgan fingerprint density at radius 3 is 1.52 bits per heavy atom. The standard InChI is InChI=1S/C47H31N5/c1-5-14-32(15-6-1)35-24-26-43-41(31-35)39-25-27-42-40(28-29-51(42)37-21-11-4-12-22-37)44(39)52(43)38-23-13-20-36(30-38)47-49-45(33-16-7-2-8-17-33)48-46(50-47)34-18-9-3-10-19-34/h1-31H. The minimum atomic E-state index is 0.627. The molecule has 3 heterocycles. The molecule has 0 aliphatic heterocycles. The molecule has 0 fully saturated rings. The fourth-order valence-corrected chi connectivity index (χ4v) is 7.34. The van der Waals surface area contributed by atoms with Gasteiger partial charge in [-0.15, -0.1) is 0 Å². The van der Waals surface area contributed by atoms with E-state index < -0.39 is 0 Å². The second-order valence-corrected chi connectivity index (χ2v) is 12.9. The molecule has 10 aromatic rings. The zero-order valence-electron chi connectivity index (χ0n) is 28.1. The molecule has 0 atom stereocenters. The minimum absolute atomic E-state index is 0.627. The lowest BCUT2D eigenvalue weighted by atomic mass is 10.0. The Hall–Kier alpha value is -7.11. The van der Waals surface area contributed by atoms with Gasteiger partial charge < -0.3 is 9.13 Å². The van der Waals surface area contributed by atoms with Crippen LogP contribution in [0.15, 0.2) is 188 Å². The van der Waals surface area contributed by atoms with Crippen LogP contribution in [-0.2, 0) is 0 Å². The van der Waals surface area contributed by atoms with Crippen molar-refractivity contribution in [1.82, 2.24) is 24.1 Å². The number of para-hydroxylation sites is 1. The molecule has 52 heavy (non-hydrogen) atoms. The Morgan fingerprint density at radius 2 is 0.865 bits per heavy atom. The van der Waals surface area contributed by atoms with Crippen molar-refractivity contribution in [2.45, 2.75) is 0 Å². The fraction of sp³-hybridized carbons (Fsp3) is 0.